The average Bonchev–Trinajstić information content (AvgIpc) is 2.89. The summed E-state index contributed by atoms with van der Waals surface area (Å²) in [7, 11) is 0. The van der Waals surface area contributed by atoms with Crippen molar-refractivity contribution in [2.75, 3.05) is 6.61 Å². The highest BCUT2D eigenvalue weighted by Gasteiger charge is 2.38. The number of carbonyl (C=O) groups excluding carboxylic acids is 2. The number of halogens is 1. The summed E-state index contributed by atoms with van der Waals surface area (Å²) in [6.45, 7) is -1.02. The van der Waals surface area contributed by atoms with Gasteiger partial charge in [0.05, 0.1) is 6.61 Å². The summed E-state index contributed by atoms with van der Waals surface area (Å²) in [5.41, 5.74) is 0.389. The van der Waals surface area contributed by atoms with Crippen molar-refractivity contribution in [3.63, 3.8) is 0 Å². The molecule has 4 aromatic rings. The van der Waals surface area contributed by atoms with Crippen molar-refractivity contribution in [3.05, 3.63) is 126 Å². The van der Waals surface area contributed by atoms with Gasteiger partial charge in [0.2, 0.25) is 5.78 Å². The first-order chi connectivity index (χ1) is 16.6. The van der Waals surface area contributed by atoms with Gasteiger partial charge in [-0.1, -0.05) is 103 Å². The molecule has 3 nitrogen and oxygen atoms in total. The van der Waals surface area contributed by atoms with E-state index in [2.05, 4.69) is 0 Å². The minimum absolute atomic E-state index is 0.139. The Hall–Kier alpha value is -3.39. The standard InChI is InChI=1S/C29H24ClO3P/c1-2-33-29(32)28(27(31)22-18-20-23(30)21-19-22)34(24-12-6-3-7-13-24,25-14-8-4-9-15-25)26-16-10-5-11-17-26/h3-21H,2H2,1H3. The van der Waals surface area contributed by atoms with Crippen LogP contribution in [0.2, 0.25) is 5.02 Å². The second-order valence-electron chi connectivity index (χ2n) is 7.58. The second-order valence-corrected chi connectivity index (χ2v) is 11.4. The molecule has 0 aliphatic rings. The number of carbonyl (C=O) groups is 2. The van der Waals surface area contributed by atoms with E-state index in [1.54, 1.807) is 31.2 Å². The number of Topliss-reactive ketones (excluding diaryl/α,β-unsaturated/α-hetero) is 1. The van der Waals surface area contributed by atoms with Crippen molar-refractivity contribution < 1.29 is 14.3 Å². The van der Waals surface area contributed by atoms with E-state index in [4.69, 9.17) is 16.3 Å². The monoisotopic (exact) mass is 486 g/mol. The summed E-state index contributed by atoms with van der Waals surface area (Å²) in [6, 6.07) is 36.0. The number of ether oxygens (including phenoxy) is 1. The molecule has 4 rings (SSSR count). The smallest absolute Gasteiger partial charge is 0.343 e. The second kappa shape index (κ2) is 10.7. The van der Waals surface area contributed by atoms with Crippen LogP contribution in [0.3, 0.4) is 0 Å². The fourth-order valence-electron chi connectivity index (χ4n) is 4.11. The SMILES string of the molecule is CCOC(=O)C(C(=O)c1ccc(Cl)cc1)=P(c1ccccc1)(c1ccccc1)c1ccccc1. The van der Waals surface area contributed by atoms with E-state index in [0.717, 1.165) is 15.9 Å². The molecule has 4 aromatic carbocycles. The van der Waals surface area contributed by atoms with E-state index in [9.17, 15) is 9.59 Å². The third-order valence-corrected chi connectivity index (χ3v) is 10.1. The molecule has 0 atom stereocenters. The van der Waals surface area contributed by atoms with Crippen LogP contribution in [0, 0.1) is 0 Å². The molecule has 0 N–H and O–H groups in total. The van der Waals surface area contributed by atoms with E-state index < -0.39 is 12.9 Å². The molecule has 0 unspecified atom stereocenters. The van der Waals surface area contributed by atoms with Crippen molar-refractivity contribution in [1.82, 2.24) is 0 Å². The van der Waals surface area contributed by atoms with Gasteiger partial charge in [0.15, 0.2) is 0 Å². The van der Waals surface area contributed by atoms with Crippen molar-refractivity contribution in [1.29, 1.82) is 0 Å². The minimum atomic E-state index is -2.92. The zero-order valence-corrected chi connectivity index (χ0v) is 20.4. The molecule has 170 valence electrons. The van der Waals surface area contributed by atoms with Gasteiger partial charge < -0.3 is 4.74 Å². The van der Waals surface area contributed by atoms with Gasteiger partial charge in [-0.25, -0.2) is 4.79 Å². The first-order valence-corrected chi connectivity index (χ1v) is 13.2. The van der Waals surface area contributed by atoms with Crippen LogP contribution in [0.4, 0.5) is 0 Å². The first-order valence-electron chi connectivity index (χ1n) is 11.0. The molecule has 0 saturated heterocycles. The molecule has 0 radical (unpaired) electrons. The van der Waals surface area contributed by atoms with Crippen LogP contribution < -0.4 is 15.9 Å². The molecule has 0 fully saturated rings. The summed E-state index contributed by atoms with van der Waals surface area (Å²) < 4.78 is 5.55. The fraction of sp³-hybridized carbons (Fsp3) is 0.0690. The lowest BCUT2D eigenvalue weighted by Crippen LogP contribution is -2.38. The molecular weight excluding hydrogens is 463 g/mol. The topological polar surface area (TPSA) is 43.4 Å². The quantitative estimate of drug-likeness (QED) is 0.155. The lowest BCUT2D eigenvalue weighted by atomic mass is 10.1. The number of hydrogen-bond donors (Lipinski definition) is 0. The molecular formula is C29H24ClO3P. The van der Waals surface area contributed by atoms with E-state index in [1.165, 1.54) is 0 Å². The Kier molecular flexibility index (Phi) is 7.47. The molecule has 5 heteroatoms. The zero-order chi connectivity index (χ0) is 24.0. The van der Waals surface area contributed by atoms with Gasteiger partial charge in [-0.15, -0.1) is 0 Å². The van der Waals surface area contributed by atoms with Crippen molar-refractivity contribution in [2.24, 2.45) is 0 Å². The molecule has 0 aliphatic heterocycles. The maximum absolute atomic E-state index is 14.2. The lowest BCUT2D eigenvalue weighted by Gasteiger charge is -2.31. The van der Waals surface area contributed by atoms with Crippen LogP contribution in [-0.4, -0.2) is 23.7 Å². The number of hydrogen-bond acceptors (Lipinski definition) is 3. The minimum Gasteiger partial charge on any atom is -0.462 e. The van der Waals surface area contributed by atoms with E-state index in [-0.39, 0.29) is 17.7 Å². The molecule has 0 aliphatic carbocycles. The number of ketones is 1. The first kappa shape index (κ1) is 23.8. The van der Waals surface area contributed by atoms with E-state index >= 15 is 0 Å². The van der Waals surface area contributed by atoms with E-state index in [0.29, 0.717) is 10.6 Å². The van der Waals surface area contributed by atoms with E-state index in [1.807, 2.05) is 91.0 Å². The largest absolute Gasteiger partial charge is 0.462 e. The van der Waals surface area contributed by atoms with Gasteiger partial charge in [-0.2, -0.15) is 0 Å². The van der Waals surface area contributed by atoms with Crippen LogP contribution in [-0.2, 0) is 9.53 Å². The van der Waals surface area contributed by atoms with Crippen molar-refractivity contribution in [2.45, 2.75) is 6.92 Å². The molecule has 0 aromatic heterocycles. The van der Waals surface area contributed by atoms with Crippen molar-refractivity contribution >= 4 is 51.4 Å². The van der Waals surface area contributed by atoms with Gasteiger partial charge >= 0.3 is 5.97 Å². The van der Waals surface area contributed by atoms with Gasteiger partial charge in [-0.3, -0.25) is 4.79 Å². The number of benzene rings is 4. The Morgan fingerprint density at radius 2 is 1.09 bits per heavy atom. The summed E-state index contributed by atoms with van der Waals surface area (Å²) in [4.78, 5) is 27.9. The molecule has 0 bridgehead atoms. The molecule has 0 saturated carbocycles. The fourth-order valence-corrected chi connectivity index (χ4v) is 8.53. The van der Waals surface area contributed by atoms with Crippen LogP contribution in [0.15, 0.2) is 115 Å². The summed E-state index contributed by atoms with van der Waals surface area (Å²) in [5.74, 6) is -0.965. The van der Waals surface area contributed by atoms with Crippen LogP contribution in [0.5, 0.6) is 0 Å². The average molecular weight is 487 g/mol. The number of rotatable bonds is 7. The predicted molar refractivity (Wildman–Crippen MR) is 143 cm³/mol. The molecule has 0 amide bonds. The number of esters is 1. The predicted octanol–water partition coefficient (Wildman–Crippen LogP) is 5.25. The third-order valence-electron chi connectivity index (χ3n) is 5.56. The lowest BCUT2D eigenvalue weighted by molar-refractivity contribution is -0.134. The van der Waals surface area contributed by atoms with Gasteiger partial charge in [0, 0.05) is 10.6 Å². The van der Waals surface area contributed by atoms with Gasteiger partial charge in [0.1, 0.15) is 5.29 Å². The van der Waals surface area contributed by atoms with Gasteiger partial charge in [0.25, 0.3) is 0 Å². The summed E-state index contributed by atoms with van der Waals surface area (Å²) in [6.07, 6.45) is 0. The Bertz CT molecular complexity index is 1230. The van der Waals surface area contributed by atoms with Crippen molar-refractivity contribution in [3.8, 4) is 0 Å². The normalized spacial score (nSPS) is 11.0. The Morgan fingerprint density at radius 3 is 1.47 bits per heavy atom. The summed E-state index contributed by atoms with van der Waals surface area (Å²) in [5, 5.41) is 3.36. The van der Waals surface area contributed by atoms with Crippen LogP contribution in [0.1, 0.15) is 17.3 Å². The Morgan fingerprint density at radius 1 is 0.676 bits per heavy atom. The maximum Gasteiger partial charge on any atom is 0.343 e. The Balaban J connectivity index is 2.24. The highest BCUT2D eigenvalue weighted by Crippen LogP contribution is 2.47. The third kappa shape index (κ3) is 4.50. The highest BCUT2D eigenvalue weighted by molar-refractivity contribution is 7.97. The van der Waals surface area contributed by atoms with Crippen LogP contribution >= 0.6 is 18.5 Å². The highest BCUT2D eigenvalue weighted by atomic mass is 35.5. The zero-order valence-electron chi connectivity index (χ0n) is 18.7. The summed E-state index contributed by atoms with van der Waals surface area (Å²) >= 11 is 6.08. The van der Waals surface area contributed by atoms with Gasteiger partial charge in [-0.05, 0) is 54.0 Å². The molecule has 0 heterocycles. The molecule has 0 spiro atoms. The Labute approximate surface area is 205 Å². The van der Waals surface area contributed by atoms with Crippen LogP contribution in [0.25, 0.3) is 0 Å². The maximum atomic E-state index is 14.2. The molecule has 34 heavy (non-hydrogen) atoms.